The lowest BCUT2D eigenvalue weighted by molar-refractivity contribution is 0.102. The van der Waals surface area contributed by atoms with E-state index < -0.39 is 0 Å². The van der Waals surface area contributed by atoms with E-state index in [0.717, 1.165) is 22.0 Å². The summed E-state index contributed by atoms with van der Waals surface area (Å²) in [5.74, 6) is -0.187. The maximum absolute atomic E-state index is 12.4. The minimum atomic E-state index is -0.187. The summed E-state index contributed by atoms with van der Waals surface area (Å²) < 4.78 is 0. The van der Waals surface area contributed by atoms with Crippen molar-refractivity contribution in [3.05, 3.63) is 71.8 Å². The quantitative estimate of drug-likeness (QED) is 0.695. The predicted molar refractivity (Wildman–Crippen MR) is 87.5 cm³/mol. The Morgan fingerprint density at radius 1 is 0.952 bits per heavy atom. The van der Waals surface area contributed by atoms with Crippen LogP contribution in [0.5, 0.6) is 0 Å². The Hall–Kier alpha value is -2.81. The van der Waals surface area contributed by atoms with Crippen LogP contribution in [-0.2, 0) is 0 Å². The molecule has 0 fully saturated rings. The van der Waals surface area contributed by atoms with Gasteiger partial charge in [-0.05, 0) is 41.5 Å². The molecule has 0 atom stereocenters. The number of rotatable bonds is 2. The summed E-state index contributed by atoms with van der Waals surface area (Å²) in [6, 6.07) is 19.2. The first kappa shape index (κ1) is 13.2. The number of fused-ring (bicyclic) bond motifs is 1. The zero-order chi connectivity index (χ0) is 14.8. The third-order valence-corrected chi connectivity index (χ3v) is 3.56. The van der Waals surface area contributed by atoms with Crippen molar-refractivity contribution in [1.29, 1.82) is 0 Å². The minimum Gasteiger partial charge on any atom is -0.398 e. The second-order valence-electron chi connectivity index (χ2n) is 5.06. The number of nitrogens with one attached hydrogen (secondary N) is 1. The number of nitrogens with two attached hydrogens (primary N) is 1. The van der Waals surface area contributed by atoms with Gasteiger partial charge in [-0.1, -0.05) is 42.5 Å². The highest BCUT2D eigenvalue weighted by molar-refractivity contribution is 6.10. The number of benzene rings is 3. The molecule has 3 nitrogen and oxygen atoms in total. The lowest BCUT2D eigenvalue weighted by Gasteiger charge is -2.11. The average Bonchev–Trinajstić information content (AvgIpc) is 2.49. The molecule has 0 radical (unpaired) electrons. The van der Waals surface area contributed by atoms with Crippen molar-refractivity contribution in [3.63, 3.8) is 0 Å². The maximum atomic E-state index is 12.4. The van der Waals surface area contributed by atoms with Crippen molar-refractivity contribution in [2.45, 2.75) is 6.92 Å². The van der Waals surface area contributed by atoms with E-state index in [1.807, 2.05) is 67.6 Å². The standard InChI is InChI=1S/C18H16N2O/c1-12-6-2-5-9-17(12)20-18(21)15-10-13-7-3-4-8-14(13)11-16(15)19/h2-11H,19H2,1H3,(H,20,21). The SMILES string of the molecule is Cc1ccccc1NC(=O)c1cc2ccccc2cc1N. The number of nitrogen functional groups attached to an aromatic ring is 1. The van der Waals surface area contributed by atoms with Gasteiger partial charge in [-0.3, -0.25) is 4.79 Å². The van der Waals surface area contributed by atoms with Gasteiger partial charge in [0.1, 0.15) is 0 Å². The van der Waals surface area contributed by atoms with Crippen LogP contribution in [0.3, 0.4) is 0 Å². The molecule has 3 heteroatoms. The van der Waals surface area contributed by atoms with Crippen LogP contribution in [0.2, 0.25) is 0 Å². The first-order chi connectivity index (χ1) is 10.1. The first-order valence-corrected chi connectivity index (χ1v) is 6.80. The number of para-hydroxylation sites is 1. The van der Waals surface area contributed by atoms with E-state index in [1.165, 1.54) is 0 Å². The summed E-state index contributed by atoms with van der Waals surface area (Å²) in [5, 5.41) is 4.94. The topological polar surface area (TPSA) is 55.1 Å². The molecule has 21 heavy (non-hydrogen) atoms. The summed E-state index contributed by atoms with van der Waals surface area (Å²) in [6.45, 7) is 1.96. The van der Waals surface area contributed by atoms with Gasteiger partial charge in [-0.2, -0.15) is 0 Å². The number of hydrogen-bond donors (Lipinski definition) is 2. The molecule has 0 aliphatic heterocycles. The highest BCUT2D eigenvalue weighted by atomic mass is 16.1. The van der Waals surface area contributed by atoms with Crippen LogP contribution in [-0.4, -0.2) is 5.91 Å². The number of carbonyl (C=O) groups excluding carboxylic acids is 1. The van der Waals surface area contributed by atoms with Crippen LogP contribution in [0, 0.1) is 6.92 Å². The Labute approximate surface area is 123 Å². The molecule has 0 saturated heterocycles. The largest absolute Gasteiger partial charge is 0.398 e. The molecule has 3 rings (SSSR count). The van der Waals surface area contributed by atoms with Crippen LogP contribution >= 0.6 is 0 Å². The van der Waals surface area contributed by atoms with Gasteiger partial charge >= 0.3 is 0 Å². The summed E-state index contributed by atoms with van der Waals surface area (Å²) in [5.41, 5.74) is 8.82. The van der Waals surface area contributed by atoms with E-state index in [0.29, 0.717) is 11.3 Å². The number of aryl methyl sites for hydroxylation is 1. The summed E-state index contributed by atoms with van der Waals surface area (Å²) in [4.78, 5) is 12.4. The van der Waals surface area contributed by atoms with E-state index in [4.69, 9.17) is 5.73 Å². The van der Waals surface area contributed by atoms with Crippen molar-refractivity contribution in [1.82, 2.24) is 0 Å². The van der Waals surface area contributed by atoms with E-state index in [9.17, 15) is 4.79 Å². The number of carbonyl (C=O) groups is 1. The number of anilines is 2. The summed E-state index contributed by atoms with van der Waals surface area (Å²) >= 11 is 0. The second-order valence-corrected chi connectivity index (χ2v) is 5.06. The molecule has 3 N–H and O–H groups in total. The molecule has 0 aliphatic rings. The fourth-order valence-corrected chi connectivity index (χ4v) is 2.36. The van der Waals surface area contributed by atoms with Crippen LogP contribution in [0.25, 0.3) is 10.8 Å². The normalized spacial score (nSPS) is 10.5. The van der Waals surface area contributed by atoms with Gasteiger partial charge in [0.15, 0.2) is 0 Å². The molecule has 0 bridgehead atoms. The molecule has 3 aromatic rings. The van der Waals surface area contributed by atoms with Gasteiger partial charge in [-0.15, -0.1) is 0 Å². The monoisotopic (exact) mass is 276 g/mol. The third kappa shape index (κ3) is 2.58. The van der Waals surface area contributed by atoms with Crippen molar-refractivity contribution in [2.75, 3.05) is 11.1 Å². The van der Waals surface area contributed by atoms with Crippen LogP contribution in [0.4, 0.5) is 11.4 Å². The Balaban J connectivity index is 1.98. The zero-order valence-corrected chi connectivity index (χ0v) is 11.8. The van der Waals surface area contributed by atoms with Gasteiger partial charge in [0.2, 0.25) is 0 Å². The summed E-state index contributed by atoms with van der Waals surface area (Å²) in [6.07, 6.45) is 0. The van der Waals surface area contributed by atoms with E-state index in [-0.39, 0.29) is 5.91 Å². The van der Waals surface area contributed by atoms with Crippen molar-refractivity contribution < 1.29 is 4.79 Å². The molecule has 0 aromatic heterocycles. The highest BCUT2D eigenvalue weighted by Crippen LogP contribution is 2.23. The van der Waals surface area contributed by atoms with Gasteiger partial charge in [0.05, 0.1) is 5.56 Å². The molecule has 3 aromatic carbocycles. The number of hydrogen-bond acceptors (Lipinski definition) is 2. The molecule has 1 amide bonds. The Kier molecular flexibility index (Phi) is 3.32. The zero-order valence-electron chi connectivity index (χ0n) is 11.8. The molecule has 0 unspecified atom stereocenters. The maximum Gasteiger partial charge on any atom is 0.257 e. The Morgan fingerprint density at radius 2 is 1.57 bits per heavy atom. The summed E-state index contributed by atoms with van der Waals surface area (Å²) in [7, 11) is 0. The lowest BCUT2D eigenvalue weighted by atomic mass is 10.0. The molecule has 0 aliphatic carbocycles. The fourth-order valence-electron chi connectivity index (χ4n) is 2.36. The molecule has 0 spiro atoms. The van der Waals surface area contributed by atoms with Gasteiger partial charge in [-0.25, -0.2) is 0 Å². The van der Waals surface area contributed by atoms with Gasteiger partial charge < -0.3 is 11.1 Å². The Morgan fingerprint density at radius 3 is 2.29 bits per heavy atom. The van der Waals surface area contributed by atoms with Crippen molar-refractivity contribution in [2.24, 2.45) is 0 Å². The Bertz CT molecular complexity index is 824. The average molecular weight is 276 g/mol. The molecule has 0 saturated carbocycles. The second kappa shape index (κ2) is 5.29. The van der Waals surface area contributed by atoms with E-state index >= 15 is 0 Å². The molecular formula is C18H16N2O. The van der Waals surface area contributed by atoms with E-state index in [2.05, 4.69) is 5.32 Å². The van der Waals surface area contributed by atoms with Crippen molar-refractivity contribution >= 4 is 28.1 Å². The third-order valence-electron chi connectivity index (χ3n) is 3.56. The number of amides is 1. The first-order valence-electron chi connectivity index (χ1n) is 6.80. The van der Waals surface area contributed by atoms with Crippen LogP contribution < -0.4 is 11.1 Å². The lowest BCUT2D eigenvalue weighted by Crippen LogP contribution is -2.14. The highest BCUT2D eigenvalue weighted by Gasteiger charge is 2.12. The van der Waals surface area contributed by atoms with Gasteiger partial charge in [0, 0.05) is 11.4 Å². The fraction of sp³-hybridized carbons (Fsp3) is 0.0556. The van der Waals surface area contributed by atoms with E-state index in [1.54, 1.807) is 0 Å². The molecular weight excluding hydrogens is 260 g/mol. The smallest absolute Gasteiger partial charge is 0.257 e. The van der Waals surface area contributed by atoms with Crippen LogP contribution in [0.15, 0.2) is 60.7 Å². The predicted octanol–water partition coefficient (Wildman–Crippen LogP) is 3.98. The minimum absolute atomic E-state index is 0.187. The molecule has 0 heterocycles. The van der Waals surface area contributed by atoms with Crippen molar-refractivity contribution in [3.8, 4) is 0 Å². The molecule has 104 valence electrons. The van der Waals surface area contributed by atoms with Gasteiger partial charge in [0.25, 0.3) is 5.91 Å². The van der Waals surface area contributed by atoms with Crippen LogP contribution in [0.1, 0.15) is 15.9 Å².